The molecule has 1 heterocycles. The van der Waals surface area contributed by atoms with Gasteiger partial charge in [0, 0.05) is 12.2 Å². The van der Waals surface area contributed by atoms with Crippen molar-refractivity contribution in [3.63, 3.8) is 0 Å². The number of hydrogen-bond acceptors (Lipinski definition) is 1. The number of furan rings is 1. The third-order valence-corrected chi connectivity index (χ3v) is 2.28. The summed E-state index contributed by atoms with van der Waals surface area (Å²) in [6, 6.07) is 16.2. The van der Waals surface area contributed by atoms with Gasteiger partial charge in [-0.3, -0.25) is 0 Å². The minimum absolute atomic E-state index is 0. The minimum atomic E-state index is 0. The molecule has 1 aromatic heterocycles. The normalized spacial score (nSPS) is 10.0. The van der Waals surface area contributed by atoms with Crippen molar-refractivity contribution in [3.05, 3.63) is 48.5 Å². The van der Waals surface area contributed by atoms with Crippen LogP contribution in [0.4, 0.5) is 0 Å². The van der Waals surface area contributed by atoms with Gasteiger partial charge in [0.2, 0.25) is 0 Å². The molecule has 3 aromatic rings. The van der Waals surface area contributed by atoms with E-state index in [1.807, 2.05) is 50.2 Å². The van der Waals surface area contributed by atoms with Gasteiger partial charge in [-0.05, 0) is 12.1 Å². The molecule has 0 saturated carbocycles. The lowest BCUT2D eigenvalue weighted by Crippen LogP contribution is -1.62. The fourth-order valence-electron chi connectivity index (χ4n) is 1.67. The van der Waals surface area contributed by atoms with E-state index in [4.69, 9.17) is 4.42 Å². The SMILES string of the molecule is CC.[HH].c1ccc2c(c1)oc1ccccc12. The molecule has 0 fully saturated rings. The lowest BCUT2D eigenvalue weighted by atomic mass is 10.2. The predicted octanol–water partition coefficient (Wildman–Crippen LogP) is 4.86. The summed E-state index contributed by atoms with van der Waals surface area (Å²) < 4.78 is 5.65. The summed E-state index contributed by atoms with van der Waals surface area (Å²) in [7, 11) is 0. The molecule has 0 radical (unpaired) electrons. The molecule has 1 heteroatoms. The Morgan fingerprint density at radius 3 is 1.60 bits per heavy atom. The molecule has 0 aliphatic rings. The van der Waals surface area contributed by atoms with Crippen molar-refractivity contribution >= 4 is 21.9 Å². The molecule has 1 nitrogen and oxygen atoms in total. The van der Waals surface area contributed by atoms with Crippen molar-refractivity contribution in [2.75, 3.05) is 0 Å². The van der Waals surface area contributed by atoms with Gasteiger partial charge in [0.1, 0.15) is 11.2 Å². The van der Waals surface area contributed by atoms with Crippen LogP contribution in [0.3, 0.4) is 0 Å². The molecule has 0 aliphatic heterocycles. The van der Waals surface area contributed by atoms with Gasteiger partial charge in [-0.25, -0.2) is 0 Å². The summed E-state index contributed by atoms with van der Waals surface area (Å²) in [6.45, 7) is 4.00. The zero-order valence-corrected chi connectivity index (χ0v) is 9.03. The highest BCUT2D eigenvalue weighted by atomic mass is 16.3. The Morgan fingerprint density at radius 1 is 0.733 bits per heavy atom. The molecule has 78 valence electrons. The summed E-state index contributed by atoms with van der Waals surface area (Å²) in [4.78, 5) is 0. The van der Waals surface area contributed by atoms with Crippen LogP contribution < -0.4 is 0 Å². The molecule has 0 atom stereocenters. The number of hydrogen-bond donors (Lipinski definition) is 0. The van der Waals surface area contributed by atoms with Crippen LogP contribution in [-0.4, -0.2) is 0 Å². The smallest absolute Gasteiger partial charge is 0.135 e. The summed E-state index contributed by atoms with van der Waals surface area (Å²) in [6.07, 6.45) is 0. The third kappa shape index (κ3) is 1.61. The highest BCUT2D eigenvalue weighted by molar-refractivity contribution is 6.04. The highest BCUT2D eigenvalue weighted by Crippen LogP contribution is 2.27. The van der Waals surface area contributed by atoms with E-state index in [2.05, 4.69) is 12.1 Å². The second-order valence-corrected chi connectivity index (χ2v) is 3.09. The molecule has 0 aliphatic carbocycles. The van der Waals surface area contributed by atoms with E-state index in [1.54, 1.807) is 0 Å². The van der Waals surface area contributed by atoms with E-state index in [0.717, 1.165) is 11.2 Å². The average Bonchev–Trinajstić information content (AvgIpc) is 2.70. The molecular weight excluding hydrogens is 184 g/mol. The second-order valence-electron chi connectivity index (χ2n) is 3.09. The zero-order valence-electron chi connectivity index (χ0n) is 9.03. The topological polar surface area (TPSA) is 13.1 Å². The van der Waals surface area contributed by atoms with Crippen LogP contribution in [-0.2, 0) is 0 Å². The monoisotopic (exact) mass is 200 g/mol. The Hall–Kier alpha value is -1.76. The summed E-state index contributed by atoms with van der Waals surface area (Å²) >= 11 is 0. The van der Waals surface area contributed by atoms with Crippen LogP contribution in [0.5, 0.6) is 0 Å². The molecule has 0 unspecified atom stereocenters. The van der Waals surface area contributed by atoms with Crippen LogP contribution in [0.25, 0.3) is 21.9 Å². The summed E-state index contributed by atoms with van der Waals surface area (Å²) in [5, 5.41) is 2.39. The fourth-order valence-corrected chi connectivity index (χ4v) is 1.67. The Bertz CT molecular complexity index is 518. The quantitative estimate of drug-likeness (QED) is 0.505. The summed E-state index contributed by atoms with van der Waals surface area (Å²) in [5.41, 5.74) is 1.92. The van der Waals surface area contributed by atoms with Gasteiger partial charge >= 0.3 is 0 Å². The number of rotatable bonds is 0. The van der Waals surface area contributed by atoms with Gasteiger partial charge in [-0.15, -0.1) is 0 Å². The Morgan fingerprint density at radius 2 is 1.13 bits per heavy atom. The lowest BCUT2D eigenvalue weighted by Gasteiger charge is -1.85. The van der Waals surface area contributed by atoms with E-state index < -0.39 is 0 Å². The first-order valence-corrected chi connectivity index (χ1v) is 5.31. The van der Waals surface area contributed by atoms with Crippen LogP contribution in [0.15, 0.2) is 52.9 Å². The van der Waals surface area contributed by atoms with Crippen LogP contribution >= 0.6 is 0 Å². The highest BCUT2D eigenvalue weighted by Gasteiger charge is 2.03. The molecule has 3 rings (SSSR count). The van der Waals surface area contributed by atoms with Gasteiger partial charge in [0.25, 0.3) is 0 Å². The van der Waals surface area contributed by atoms with Gasteiger partial charge in [0.15, 0.2) is 0 Å². The number of para-hydroxylation sites is 2. The maximum Gasteiger partial charge on any atom is 0.135 e. The molecule has 15 heavy (non-hydrogen) atoms. The molecular formula is C14H16O. The zero-order chi connectivity index (χ0) is 10.7. The van der Waals surface area contributed by atoms with Gasteiger partial charge in [-0.2, -0.15) is 0 Å². The van der Waals surface area contributed by atoms with E-state index in [1.165, 1.54) is 10.8 Å². The second kappa shape index (κ2) is 4.18. The van der Waals surface area contributed by atoms with Crippen LogP contribution in [0.2, 0.25) is 0 Å². The largest absolute Gasteiger partial charge is 0.456 e. The number of fused-ring (bicyclic) bond motifs is 3. The average molecular weight is 200 g/mol. The molecule has 0 N–H and O–H groups in total. The molecule has 0 spiro atoms. The van der Waals surface area contributed by atoms with E-state index >= 15 is 0 Å². The molecule has 0 bridgehead atoms. The minimum Gasteiger partial charge on any atom is -0.456 e. The first-order valence-electron chi connectivity index (χ1n) is 5.31. The van der Waals surface area contributed by atoms with Gasteiger partial charge < -0.3 is 4.42 Å². The Balaban J connectivity index is 0.000000406. The van der Waals surface area contributed by atoms with Crippen molar-refractivity contribution in [1.29, 1.82) is 0 Å². The first-order chi connectivity index (χ1) is 7.45. The van der Waals surface area contributed by atoms with Crippen LogP contribution in [0.1, 0.15) is 15.3 Å². The van der Waals surface area contributed by atoms with Crippen LogP contribution in [0, 0.1) is 0 Å². The molecule has 0 amide bonds. The summed E-state index contributed by atoms with van der Waals surface area (Å²) in [5.74, 6) is 0. The predicted molar refractivity (Wildman–Crippen MR) is 67.2 cm³/mol. The van der Waals surface area contributed by atoms with E-state index in [9.17, 15) is 0 Å². The van der Waals surface area contributed by atoms with Crippen molar-refractivity contribution in [2.45, 2.75) is 13.8 Å². The van der Waals surface area contributed by atoms with Crippen molar-refractivity contribution in [2.24, 2.45) is 0 Å². The first kappa shape index (κ1) is 9.78. The van der Waals surface area contributed by atoms with Gasteiger partial charge in [0.05, 0.1) is 0 Å². The van der Waals surface area contributed by atoms with E-state index in [-0.39, 0.29) is 1.43 Å². The van der Waals surface area contributed by atoms with Gasteiger partial charge in [-0.1, -0.05) is 50.2 Å². The van der Waals surface area contributed by atoms with E-state index in [0.29, 0.717) is 0 Å². The van der Waals surface area contributed by atoms with Crippen molar-refractivity contribution in [1.82, 2.24) is 0 Å². The maximum absolute atomic E-state index is 5.65. The maximum atomic E-state index is 5.65. The Kier molecular flexibility index (Phi) is 2.72. The fraction of sp³-hybridized carbons (Fsp3) is 0.143. The van der Waals surface area contributed by atoms with Crippen molar-refractivity contribution in [3.8, 4) is 0 Å². The van der Waals surface area contributed by atoms with Crippen molar-refractivity contribution < 1.29 is 5.84 Å². The molecule has 0 saturated heterocycles. The number of benzene rings is 2. The standard InChI is InChI=1S/C12H8O.C2H6.H2/c1-3-7-11-9(5-1)10-6-2-4-8-12(10)13-11;1-2;/h1-8H;1-2H3;1H. The third-order valence-electron chi connectivity index (χ3n) is 2.28. The molecule has 2 aromatic carbocycles. The Labute approximate surface area is 90.8 Å². The lowest BCUT2D eigenvalue weighted by molar-refractivity contribution is 0.669.